The van der Waals surface area contributed by atoms with E-state index >= 15 is 0 Å². The lowest BCUT2D eigenvalue weighted by Crippen LogP contribution is -2.26. The van der Waals surface area contributed by atoms with E-state index in [1.54, 1.807) is 18.9 Å². The summed E-state index contributed by atoms with van der Waals surface area (Å²) in [5.74, 6) is 1.45. The molecular weight excluding hydrogens is 294 g/mol. The molecule has 23 heavy (non-hydrogen) atoms. The molecule has 1 heterocycles. The summed E-state index contributed by atoms with van der Waals surface area (Å²) in [5, 5.41) is 7.21. The van der Waals surface area contributed by atoms with Crippen LogP contribution in [0.2, 0.25) is 0 Å². The highest BCUT2D eigenvalue weighted by Gasteiger charge is 2.17. The van der Waals surface area contributed by atoms with E-state index in [4.69, 9.17) is 9.47 Å². The predicted octanol–water partition coefficient (Wildman–Crippen LogP) is 2.03. The minimum Gasteiger partial charge on any atom is -0.497 e. The molecule has 0 aliphatic heterocycles. The second-order valence-electron chi connectivity index (χ2n) is 5.35. The highest BCUT2D eigenvalue weighted by Crippen LogP contribution is 2.24. The number of aromatic nitrogens is 2. The Balaban J connectivity index is 2.03. The third-order valence-electron chi connectivity index (χ3n) is 3.90. The molecule has 1 amide bonds. The first-order valence-corrected chi connectivity index (χ1v) is 7.47. The molecule has 0 bridgehead atoms. The Hall–Kier alpha value is -2.50. The van der Waals surface area contributed by atoms with Crippen molar-refractivity contribution in [3.05, 3.63) is 40.7 Å². The minimum absolute atomic E-state index is 0.102. The van der Waals surface area contributed by atoms with Crippen molar-refractivity contribution in [1.82, 2.24) is 15.1 Å². The number of carbonyl (C=O) groups excluding carboxylic acids is 1. The fourth-order valence-electron chi connectivity index (χ4n) is 2.58. The number of ether oxygens (including phenoxy) is 2. The largest absolute Gasteiger partial charge is 0.497 e. The average Bonchev–Trinajstić information content (AvgIpc) is 2.79. The number of methoxy groups -OCH3 is 2. The Labute approximate surface area is 136 Å². The van der Waals surface area contributed by atoms with E-state index in [9.17, 15) is 4.79 Å². The minimum atomic E-state index is -0.102. The quantitative estimate of drug-likeness (QED) is 0.885. The van der Waals surface area contributed by atoms with Crippen molar-refractivity contribution < 1.29 is 14.3 Å². The van der Waals surface area contributed by atoms with Gasteiger partial charge in [0.1, 0.15) is 11.5 Å². The number of amides is 1. The van der Waals surface area contributed by atoms with Gasteiger partial charge in [-0.05, 0) is 44.0 Å². The van der Waals surface area contributed by atoms with E-state index in [-0.39, 0.29) is 5.91 Å². The van der Waals surface area contributed by atoms with Gasteiger partial charge in [-0.2, -0.15) is 5.10 Å². The zero-order valence-electron chi connectivity index (χ0n) is 14.3. The Morgan fingerprint density at radius 1 is 1.26 bits per heavy atom. The molecule has 0 saturated carbocycles. The molecule has 0 aliphatic carbocycles. The first-order chi connectivity index (χ1) is 11.0. The van der Waals surface area contributed by atoms with Gasteiger partial charge in [-0.1, -0.05) is 0 Å². The Kier molecular flexibility index (Phi) is 5.26. The molecule has 1 aromatic heterocycles. The van der Waals surface area contributed by atoms with Crippen molar-refractivity contribution in [3.8, 4) is 11.5 Å². The Bertz CT molecular complexity index is 707. The summed E-state index contributed by atoms with van der Waals surface area (Å²) in [6.07, 6.45) is 0.657. The molecule has 124 valence electrons. The van der Waals surface area contributed by atoms with Crippen molar-refractivity contribution >= 4 is 5.91 Å². The van der Waals surface area contributed by atoms with Crippen LogP contribution < -0.4 is 14.8 Å². The number of benzene rings is 1. The van der Waals surface area contributed by atoms with Gasteiger partial charge in [-0.15, -0.1) is 0 Å². The lowest BCUT2D eigenvalue weighted by molar-refractivity contribution is 0.0952. The first-order valence-electron chi connectivity index (χ1n) is 7.47. The molecule has 2 rings (SSSR count). The molecule has 0 unspecified atom stereocenters. The summed E-state index contributed by atoms with van der Waals surface area (Å²) < 4.78 is 12.3. The summed E-state index contributed by atoms with van der Waals surface area (Å²) in [6, 6.07) is 5.64. The van der Waals surface area contributed by atoms with Gasteiger partial charge in [0.05, 0.1) is 25.5 Å². The summed E-state index contributed by atoms with van der Waals surface area (Å²) in [5.41, 5.74) is 3.23. The molecule has 2 aromatic rings. The van der Waals surface area contributed by atoms with Gasteiger partial charge in [-0.3, -0.25) is 9.48 Å². The molecule has 0 saturated heterocycles. The van der Waals surface area contributed by atoms with Gasteiger partial charge in [0, 0.05) is 19.3 Å². The second-order valence-corrected chi connectivity index (χ2v) is 5.35. The molecule has 0 radical (unpaired) electrons. The summed E-state index contributed by atoms with van der Waals surface area (Å²) in [7, 11) is 5.09. The lowest BCUT2D eigenvalue weighted by Gasteiger charge is -2.11. The van der Waals surface area contributed by atoms with Crippen LogP contribution in [0.4, 0.5) is 0 Å². The van der Waals surface area contributed by atoms with Gasteiger partial charge >= 0.3 is 0 Å². The molecule has 0 spiro atoms. The maximum Gasteiger partial charge on any atom is 0.255 e. The van der Waals surface area contributed by atoms with Crippen LogP contribution in [0.25, 0.3) is 0 Å². The standard InChI is InChI=1S/C17H23N3O3/c1-11-16(12(2)20(3)19-11)17(21)18-9-8-13-10-14(22-4)6-7-15(13)23-5/h6-7,10H,8-9H2,1-5H3,(H,18,21). The SMILES string of the molecule is COc1ccc(OC)c(CCNC(=O)c2c(C)nn(C)c2C)c1. The van der Waals surface area contributed by atoms with E-state index in [1.807, 2.05) is 39.1 Å². The van der Waals surface area contributed by atoms with Crippen LogP contribution in [0.3, 0.4) is 0 Å². The van der Waals surface area contributed by atoms with Crippen molar-refractivity contribution in [1.29, 1.82) is 0 Å². The monoisotopic (exact) mass is 317 g/mol. The van der Waals surface area contributed by atoms with Gasteiger partial charge in [0.2, 0.25) is 0 Å². The molecule has 1 aromatic carbocycles. The Morgan fingerprint density at radius 2 is 2.00 bits per heavy atom. The highest BCUT2D eigenvalue weighted by molar-refractivity contribution is 5.96. The van der Waals surface area contributed by atoms with Crippen molar-refractivity contribution in [3.63, 3.8) is 0 Å². The van der Waals surface area contributed by atoms with Crippen LogP contribution in [0, 0.1) is 13.8 Å². The fourth-order valence-corrected chi connectivity index (χ4v) is 2.58. The molecule has 6 nitrogen and oxygen atoms in total. The van der Waals surface area contributed by atoms with Crippen molar-refractivity contribution in [2.24, 2.45) is 7.05 Å². The van der Waals surface area contributed by atoms with Gasteiger partial charge in [-0.25, -0.2) is 0 Å². The van der Waals surface area contributed by atoms with Crippen LogP contribution in [-0.2, 0) is 13.5 Å². The normalized spacial score (nSPS) is 10.5. The third kappa shape index (κ3) is 3.64. The van der Waals surface area contributed by atoms with E-state index < -0.39 is 0 Å². The summed E-state index contributed by atoms with van der Waals surface area (Å²) in [6.45, 7) is 4.24. The van der Waals surface area contributed by atoms with Crippen LogP contribution in [-0.4, -0.2) is 36.5 Å². The molecule has 6 heteroatoms. The number of rotatable bonds is 6. The van der Waals surface area contributed by atoms with E-state index in [0.717, 1.165) is 28.5 Å². The van der Waals surface area contributed by atoms with Gasteiger partial charge < -0.3 is 14.8 Å². The smallest absolute Gasteiger partial charge is 0.255 e. The van der Waals surface area contributed by atoms with E-state index in [2.05, 4.69) is 10.4 Å². The fraction of sp³-hybridized carbons (Fsp3) is 0.412. The lowest BCUT2D eigenvalue weighted by atomic mass is 10.1. The summed E-state index contributed by atoms with van der Waals surface area (Å²) >= 11 is 0. The number of carbonyl (C=O) groups is 1. The van der Waals surface area contributed by atoms with Crippen molar-refractivity contribution in [2.45, 2.75) is 20.3 Å². The number of nitrogens with one attached hydrogen (secondary N) is 1. The second kappa shape index (κ2) is 7.17. The van der Waals surface area contributed by atoms with E-state index in [0.29, 0.717) is 18.5 Å². The van der Waals surface area contributed by atoms with Gasteiger partial charge in [0.15, 0.2) is 0 Å². The van der Waals surface area contributed by atoms with Crippen molar-refractivity contribution in [2.75, 3.05) is 20.8 Å². The number of nitrogens with zero attached hydrogens (tertiary/aromatic N) is 2. The zero-order chi connectivity index (χ0) is 17.0. The number of aryl methyl sites for hydroxylation is 2. The maximum atomic E-state index is 12.3. The zero-order valence-corrected chi connectivity index (χ0v) is 14.3. The first kappa shape index (κ1) is 16.9. The molecule has 0 aliphatic rings. The third-order valence-corrected chi connectivity index (χ3v) is 3.90. The molecular formula is C17H23N3O3. The molecule has 1 N–H and O–H groups in total. The van der Waals surface area contributed by atoms with Gasteiger partial charge in [0.25, 0.3) is 5.91 Å². The Morgan fingerprint density at radius 3 is 2.57 bits per heavy atom. The van der Waals surface area contributed by atoms with E-state index in [1.165, 1.54) is 0 Å². The average molecular weight is 317 g/mol. The topological polar surface area (TPSA) is 65.4 Å². The number of hydrogen-bond acceptors (Lipinski definition) is 4. The predicted molar refractivity (Wildman–Crippen MR) is 88.3 cm³/mol. The highest BCUT2D eigenvalue weighted by atomic mass is 16.5. The van der Waals surface area contributed by atoms with Crippen LogP contribution in [0.5, 0.6) is 11.5 Å². The maximum absolute atomic E-state index is 12.3. The van der Waals surface area contributed by atoms with Crippen LogP contribution in [0.15, 0.2) is 18.2 Å². The molecule has 0 fully saturated rings. The molecule has 0 atom stereocenters. The van der Waals surface area contributed by atoms with Crippen LogP contribution >= 0.6 is 0 Å². The summed E-state index contributed by atoms with van der Waals surface area (Å²) in [4.78, 5) is 12.3. The van der Waals surface area contributed by atoms with Crippen LogP contribution in [0.1, 0.15) is 27.3 Å². The number of hydrogen-bond donors (Lipinski definition) is 1.